The monoisotopic (exact) mass is 440 g/mol. The lowest BCUT2D eigenvalue weighted by Crippen LogP contribution is -2.18. The number of hydrogen-bond donors (Lipinski definition) is 0. The SMILES string of the molecule is Clc1cc2c(cnn2[C@@H]2CCCCO2)c(Br)c1I. The van der Waals surface area contributed by atoms with Gasteiger partial charge >= 0.3 is 0 Å². The number of hydrogen-bond acceptors (Lipinski definition) is 2. The van der Waals surface area contributed by atoms with Crippen LogP contribution in [-0.2, 0) is 4.74 Å². The molecule has 0 aliphatic carbocycles. The molecule has 1 atom stereocenters. The second-order valence-electron chi connectivity index (χ2n) is 4.33. The Kier molecular flexibility index (Phi) is 3.85. The largest absolute Gasteiger partial charge is 0.356 e. The van der Waals surface area contributed by atoms with Crippen LogP contribution in [-0.4, -0.2) is 16.4 Å². The number of rotatable bonds is 1. The van der Waals surface area contributed by atoms with Gasteiger partial charge in [0.1, 0.15) is 0 Å². The van der Waals surface area contributed by atoms with Gasteiger partial charge in [0.2, 0.25) is 0 Å². The summed E-state index contributed by atoms with van der Waals surface area (Å²) in [5, 5.41) is 6.29. The van der Waals surface area contributed by atoms with Gasteiger partial charge in [-0.25, -0.2) is 4.68 Å². The summed E-state index contributed by atoms with van der Waals surface area (Å²) < 4.78 is 9.75. The number of aromatic nitrogens is 2. The van der Waals surface area contributed by atoms with Crippen molar-refractivity contribution in [1.29, 1.82) is 0 Å². The number of nitrogens with zero attached hydrogens (tertiary/aromatic N) is 2. The van der Waals surface area contributed by atoms with Gasteiger partial charge in [0, 0.05) is 20.0 Å². The van der Waals surface area contributed by atoms with Crippen molar-refractivity contribution in [3.8, 4) is 0 Å². The summed E-state index contributed by atoms with van der Waals surface area (Å²) >= 11 is 12.1. The lowest BCUT2D eigenvalue weighted by Gasteiger charge is -2.23. The molecule has 2 aromatic rings. The van der Waals surface area contributed by atoms with Crippen LogP contribution in [0.1, 0.15) is 25.5 Å². The lowest BCUT2D eigenvalue weighted by molar-refractivity contribution is -0.0366. The molecule has 1 aliphatic heterocycles. The minimum absolute atomic E-state index is 0.0410. The maximum absolute atomic E-state index is 6.24. The van der Waals surface area contributed by atoms with E-state index in [9.17, 15) is 0 Å². The maximum atomic E-state index is 6.24. The molecule has 0 bridgehead atoms. The molecule has 0 amide bonds. The minimum Gasteiger partial charge on any atom is -0.356 e. The van der Waals surface area contributed by atoms with E-state index in [-0.39, 0.29) is 6.23 Å². The van der Waals surface area contributed by atoms with Crippen molar-refractivity contribution >= 4 is 61.0 Å². The van der Waals surface area contributed by atoms with Crippen molar-refractivity contribution < 1.29 is 4.74 Å². The van der Waals surface area contributed by atoms with Crippen LogP contribution < -0.4 is 0 Å². The van der Waals surface area contributed by atoms with Crippen LogP contribution in [0.5, 0.6) is 0 Å². The maximum Gasteiger partial charge on any atom is 0.150 e. The van der Waals surface area contributed by atoms with Crippen LogP contribution in [0.3, 0.4) is 0 Å². The van der Waals surface area contributed by atoms with Crippen LogP contribution in [0.2, 0.25) is 5.02 Å². The molecule has 0 saturated carbocycles. The number of benzene rings is 1. The predicted octanol–water partition coefficient (Wildman–Crippen LogP) is 4.76. The Morgan fingerprint density at radius 3 is 3.06 bits per heavy atom. The van der Waals surface area contributed by atoms with E-state index in [1.165, 1.54) is 6.42 Å². The fourth-order valence-electron chi connectivity index (χ4n) is 2.24. The zero-order valence-corrected chi connectivity index (χ0v) is 14.0. The van der Waals surface area contributed by atoms with Gasteiger partial charge in [-0.3, -0.25) is 0 Å². The molecule has 0 radical (unpaired) electrons. The highest BCUT2D eigenvalue weighted by molar-refractivity contribution is 14.1. The zero-order chi connectivity index (χ0) is 12.7. The molecular formula is C12H11BrClIN2O. The average Bonchev–Trinajstić information content (AvgIpc) is 2.81. The van der Waals surface area contributed by atoms with Crippen LogP contribution >= 0.6 is 50.1 Å². The van der Waals surface area contributed by atoms with Gasteiger partial charge < -0.3 is 4.74 Å². The molecule has 6 heteroatoms. The van der Waals surface area contributed by atoms with Crippen molar-refractivity contribution in [2.75, 3.05) is 6.61 Å². The average molecular weight is 441 g/mol. The van der Waals surface area contributed by atoms with Crippen molar-refractivity contribution in [3.63, 3.8) is 0 Å². The summed E-state index contributed by atoms with van der Waals surface area (Å²) in [5.41, 5.74) is 1.03. The van der Waals surface area contributed by atoms with Crippen molar-refractivity contribution in [3.05, 3.63) is 25.3 Å². The minimum atomic E-state index is 0.0410. The normalized spacial score (nSPS) is 20.5. The first-order valence-corrected chi connectivity index (χ1v) is 8.06. The second kappa shape index (κ2) is 5.26. The van der Waals surface area contributed by atoms with Gasteiger partial charge in [0.25, 0.3) is 0 Å². The summed E-state index contributed by atoms with van der Waals surface area (Å²) in [6.45, 7) is 0.811. The van der Waals surface area contributed by atoms with Crippen LogP contribution in [0.15, 0.2) is 16.7 Å². The molecule has 1 aromatic carbocycles. The van der Waals surface area contributed by atoms with Crippen LogP contribution in [0.4, 0.5) is 0 Å². The number of halogens is 3. The van der Waals surface area contributed by atoms with Crippen molar-refractivity contribution in [2.24, 2.45) is 0 Å². The van der Waals surface area contributed by atoms with Gasteiger partial charge in [0.05, 0.1) is 16.7 Å². The van der Waals surface area contributed by atoms with E-state index in [0.717, 1.165) is 43.4 Å². The summed E-state index contributed by atoms with van der Waals surface area (Å²) in [6.07, 6.45) is 5.25. The van der Waals surface area contributed by atoms with Gasteiger partial charge in [-0.1, -0.05) is 11.6 Å². The summed E-state index contributed by atoms with van der Waals surface area (Å²) in [4.78, 5) is 0. The molecule has 3 rings (SSSR count). The Hall–Kier alpha value is 0.150. The van der Waals surface area contributed by atoms with E-state index in [1.54, 1.807) is 0 Å². The highest BCUT2D eigenvalue weighted by atomic mass is 127. The smallest absolute Gasteiger partial charge is 0.150 e. The Morgan fingerprint density at radius 1 is 1.50 bits per heavy atom. The molecule has 1 fully saturated rings. The molecular weight excluding hydrogens is 430 g/mol. The molecule has 1 aromatic heterocycles. The van der Waals surface area contributed by atoms with E-state index in [2.05, 4.69) is 43.6 Å². The number of fused-ring (bicyclic) bond motifs is 1. The summed E-state index contributed by atoms with van der Waals surface area (Å²) in [5.74, 6) is 0. The van der Waals surface area contributed by atoms with E-state index in [4.69, 9.17) is 16.3 Å². The zero-order valence-electron chi connectivity index (χ0n) is 9.50. The molecule has 18 heavy (non-hydrogen) atoms. The van der Waals surface area contributed by atoms with E-state index in [1.807, 2.05) is 16.9 Å². The third kappa shape index (κ3) is 2.19. The first kappa shape index (κ1) is 13.1. The van der Waals surface area contributed by atoms with E-state index < -0.39 is 0 Å². The Balaban J connectivity index is 2.13. The highest BCUT2D eigenvalue weighted by Gasteiger charge is 2.20. The van der Waals surface area contributed by atoms with Gasteiger partial charge in [-0.2, -0.15) is 5.10 Å². The second-order valence-corrected chi connectivity index (χ2v) is 6.61. The third-order valence-corrected chi connectivity index (χ3v) is 6.47. The Labute approximate surface area is 132 Å². The first-order valence-electron chi connectivity index (χ1n) is 5.81. The molecule has 0 unspecified atom stereocenters. The van der Waals surface area contributed by atoms with Gasteiger partial charge in [0.15, 0.2) is 6.23 Å². The highest BCUT2D eigenvalue weighted by Crippen LogP contribution is 2.36. The van der Waals surface area contributed by atoms with Gasteiger partial charge in [-0.15, -0.1) is 0 Å². The summed E-state index contributed by atoms with van der Waals surface area (Å²) in [7, 11) is 0. The Bertz CT molecular complexity index is 595. The molecule has 1 saturated heterocycles. The van der Waals surface area contributed by atoms with E-state index in [0.29, 0.717) is 0 Å². The predicted molar refractivity (Wildman–Crippen MR) is 84.0 cm³/mol. The van der Waals surface area contributed by atoms with Crippen LogP contribution in [0.25, 0.3) is 10.9 Å². The molecule has 2 heterocycles. The number of ether oxygens (including phenoxy) is 1. The fourth-order valence-corrected chi connectivity index (χ4v) is 3.51. The molecule has 0 spiro atoms. The Morgan fingerprint density at radius 2 is 2.33 bits per heavy atom. The first-order chi connectivity index (χ1) is 8.68. The fraction of sp³-hybridized carbons (Fsp3) is 0.417. The summed E-state index contributed by atoms with van der Waals surface area (Å²) in [6, 6.07) is 1.97. The van der Waals surface area contributed by atoms with Crippen LogP contribution in [0, 0.1) is 3.57 Å². The molecule has 3 nitrogen and oxygen atoms in total. The molecule has 1 aliphatic rings. The third-order valence-electron chi connectivity index (χ3n) is 3.16. The van der Waals surface area contributed by atoms with Gasteiger partial charge in [-0.05, 0) is 63.8 Å². The lowest BCUT2D eigenvalue weighted by atomic mass is 10.2. The molecule has 0 N–H and O–H groups in total. The quantitative estimate of drug-likeness (QED) is 0.472. The topological polar surface area (TPSA) is 27.1 Å². The molecule has 96 valence electrons. The standard InChI is InChI=1S/C12H11BrClIN2O/c13-11-7-6-16-17(10-3-1-2-4-18-10)9(7)5-8(14)12(11)15/h5-6,10H,1-4H2/t10-/m0/s1. The van der Waals surface area contributed by atoms with E-state index >= 15 is 0 Å². The van der Waals surface area contributed by atoms with Crippen molar-refractivity contribution in [2.45, 2.75) is 25.5 Å². The van der Waals surface area contributed by atoms with Crippen molar-refractivity contribution in [1.82, 2.24) is 9.78 Å².